The molecule has 3 aromatic carbocycles. The van der Waals surface area contributed by atoms with E-state index < -0.39 is 0 Å². The topological polar surface area (TPSA) is 61.3 Å². The number of hydrogen-bond acceptors (Lipinski definition) is 5. The van der Waals surface area contributed by atoms with E-state index in [4.69, 9.17) is 0 Å². The van der Waals surface area contributed by atoms with Gasteiger partial charge in [0.25, 0.3) is 0 Å². The summed E-state index contributed by atoms with van der Waals surface area (Å²) in [6.45, 7) is 3.71. The molecule has 0 bridgehead atoms. The second kappa shape index (κ2) is 8.71. The molecular weight excluding hydrogens is 360 g/mol. The Hall–Kier alpha value is -3.44. The van der Waals surface area contributed by atoms with Crippen molar-refractivity contribution < 1.29 is 5.11 Å². The third-order valence-corrected chi connectivity index (χ3v) is 4.97. The quantitative estimate of drug-likeness (QED) is 0.476. The Bertz CT molecular complexity index is 1100. The van der Waals surface area contributed by atoms with Crippen LogP contribution in [0.3, 0.4) is 0 Å². The van der Waals surface area contributed by atoms with Gasteiger partial charge in [0.1, 0.15) is 12.1 Å². The first kappa shape index (κ1) is 18.9. The summed E-state index contributed by atoms with van der Waals surface area (Å²) in [5, 5.41) is 14.9. The van der Waals surface area contributed by atoms with Crippen LogP contribution in [0.1, 0.15) is 6.92 Å². The van der Waals surface area contributed by atoms with E-state index in [2.05, 4.69) is 57.4 Å². The molecule has 1 aromatic heterocycles. The number of aromatic nitrogens is 2. The molecule has 0 unspecified atom stereocenters. The van der Waals surface area contributed by atoms with E-state index in [1.54, 1.807) is 6.33 Å². The van der Waals surface area contributed by atoms with E-state index in [1.807, 2.05) is 42.5 Å². The number of fused-ring (bicyclic) bond motifs is 1. The summed E-state index contributed by atoms with van der Waals surface area (Å²) in [6.07, 6.45) is 1.58. The van der Waals surface area contributed by atoms with Crippen molar-refractivity contribution in [2.45, 2.75) is 6.92 Å². The normalized spacial score (nSPS) is 10.8. The average Bonchev–Trinajstić information content (AvgIpc) is 2.78. The van der Waals surface area contributed by atoms with Gasteiger partial charge in [-0.15, -0.1) is 0 Å². The molecule has 0 atom stereocenters. The van der Waals surface area contributed by atoms with Gasteiger partial charge in [-0.1, -0.05) is 36.4 Å². The Morgan fingerprint density at radius 3 is 2.45 bits per heavy atom. The summed E-state index contributed by atoms with van der Waals surface area (Å²) in [7, 11) is 0. The van der Waals surface area contributed by atoms with Crippen LogP contribution in [0.4, 0.5) is 17.2 Å². The molecule has 2 N–H and O–H groups in total. The highest BCUT2D eigenvalue weighted by atomic mass is 16.3. The van der Waals surface area contributed by atoms with Gasteiger partial charge in [-0.25, -0.2) is 9.97 Å². The molecule has 0 aliphatic carbocycles. The Balaban J connectivity index is 1.54. The van der Waals surface area contributed by atoms with Gasteiger partial charge in [-0.05, 0) is 48.0 Å². The molecule has 0 aliphatic rings. The maximum absolute atomic E-state index is 9.19. The monoisotopic (exact) mass is 384 g/mol. The largest absolute Gasteiger partial charge is 0.395 e. The number of rotatable bonds is 7. The summed E-state index contributed by atoms with van der Waals surface area (Å²) in [5.41, 5.74) is 3.99. The molecule has 5 heteroatoms. The van der Waals surface area contributed by atoms with Crippen LogP contribution in [0, 0.1) is 0 Å². The maximum Gasteiger partial charge on any atom is 0.134 e. The highest BCUT2D eigenvalue weighted by Crippen LogP contribution is 2.25. The number of likely N-dealkylation sites (N-methyl/N-ethyl adjacent to an activating group) is 1. The van der Waals surface area contributed by atoms with Crippen molar-refractivity contribution in [2.24, 2.45) is 0 Å². The summed E-state index contributed by atoms with van der Waals surface area (Å²) >= 11 is 0. The summed E-state index contributed by atoms with van der Waals surface area (Å²) in [4.78, 5) is 10.9. The third-order valence-electron chi connectivity index (χ3n) is 4.97. The zero-order valence-corrected chi connectivity index (χ0v) is 16.4. The number of hydrogen-bond donors (Lipinski definition) is 2. The van der Waals surface area contributed by atoms with Crippen molar-refractivity contribution in [3.8, 4) is 11.3 Å². The highest BCUT2D eigenvalue weighted by molar-refractivity contribution is 5.87. The lowest BCUT2D eigenvalue weighted by Gasteiger charge is -2.22. The van der Waals surface area contributed by atoms with Gasteiger partial charge < -0.3 is 15.3 Å². The van der Waals surface area contributed by atoms with Crippen LogP contribution >= 0.6 is 0 Å². The molecule has 0 amide bonds. The number of aliphatic hydroxyl groups is 1. The number of anilines is 3. The Morgan fingerprint density at radius 2 is 1.69 bits per heavy atom. The second-order valence-electron chi connectivity index (χ2n) is 6.83. The van der Waals surface area contributed by atoms with E-state index in [1.165, 1.54) is 10.8 Å². The first-order valence-corrected chi connectivity index (χ1v) is 9.81. The van der Waals surface area contributed by atoms with Crippen LogP contribution < -0.4 is 10.2 Å². The summed E-state index contributed by atoms with van der Waals surface area (Å²) < 4.78 is 0. The van der Waals surface area contributed by atoms with Crippen molar-refractivity contribution in [3.63, 3.8) is 0 Å². The predicted octanol–water partition coefficient (Wildman–Crippen LogP) is 4.86. The second-order valence-corrected chi connectivity index (χ2v) is 6.83. The molecule has 4 aromatic rings. The first-order valence-electron chi connectivity index (χ1n) is 9.81. The third kappa shape index (κ3) is 4.36. The Morgan fingerprint density at radius 1 is 0.897 bits per heavy atom. The Labute approximate surface area is 170 Å². The number of nitrogens with one attached hydrogen (secondary N) is 1. The molecule has 5 nitrogen and oxygen atoms in total. The molecule has 0 saturated carbocycles. The molecule has 0 aliphatic heterocycles. The van der Waals surface area contributed by atoms with E-state index in [9.17, 15) is 5.11 Å². The van der Waals surface area contributed by atoms with Crippen molar-refractivity contribution in [2.75, 3.05) is 29.9 Å². The molecular formula is C24H24N4O. The molecule has 1 heterocycles. The fourth-order valence-corrected chi connectivity index (χ4v) is 3.43. The van der Waals surface area contributed by atoms with Gasteiger partial charge in [-0.3, -0.25) is 0 Å². The number of nitrogens with zero attached hydrogens (tertiary/aromatic N) is 3. The van der Waals surface area contributed by atoms with Gasteiger partial charge in [0.2, 0.25) is 0 Å². The van der Waals surface area contributed by atoms with Gasteiger partial charge in [0.05, 0.1) is 12.3 Å². The van der Waals surface area contributed by atoms with E-state index in [0.29, 0.717) is 6.54 Å². The average molecular weight is 384 g/mol. The van der Waals surface area contributed by atoms with Gasteiger partial charge >= 0.3 is 0 Å². The zero-order chi connectivity index (χ0) is 20.1. The van der Waals surface area contributed by atoms with Crippen molar-refractivity contribution in [1.29, 1.82) is 0 Å². The standard InChI is InChI=1S/C24H24N4O/c1-2-28(13-14-29)22-11-9-21(10-12-22)27-24-16-23(25-17-26-24)20-8-7-18-5-3-4-6-19(18)15-20/h3-12,15-17,29H,2,13-14H2,1H3,(H,25,26,27). The van der Waals surface area contributed by atoms with Crippen LogP contribution in [0.2, 0.25) is 0 Å². The molecule has 29 heavy (non-hydrogen) atoms. The van der Waals surface area contributed by atoms with Crippen molar-refractivity contribution >= 4 is 28.0 Å². The zero-order valence-electron chi connectivity index (χ0n) is 16.4. The fourth-order valence-electron chi connectivity index (χ4n) is 3.43. The smallest absolute Gasteiger partial charge is 0.134 e. The molecule has 4 rings (SSSR count). The van der Waals surface area contributed by atoms with E-state index in [0.717, 1.165) is 35.0 Å². The molecule has 0 spiro atoms. The van der Waals surface area contributed by atoms with Gasteiger partial charge in [0, 0.05) is 36.1 Å². The van der Waals surface area contributed by atoms with Crippen molar-refractivity contribution in [1.82, 2.24) is 9.97 Å². The minimum atomic E-state index is 0.145. The SMILES string of the molecule is CCN(CCO)c1ccc(Nc2cc(-c3ccc4ccccc4c3)ncn2)cc1. The molecule has 0 radical (unpaired) electrons. The summed E-state index contributed by atoms with van der Waals surface area (Å²) in [5.74, 6) is 0.749. The minimum Gasteiger partial charge on any atom is -0.395 e. The highest BCUT2D eigenvalue weighted by Gasteiger charge is 2.06. The summed E-state index contributed by atoms with van der Waals surface area (Å²) in [6, 6.07) is 24.8. The molecule has 0 fully saturated rings. The van der Waals surface area contributed by atoms with Crippen LogP contribution in [0.15, 0.2) is 79.1 Å². The lowest BCUT2D eigenvalue weighted by Crippen LogP contribution is -2.25. The van der Waals surface area contributed by atoms with Crippen molar-refractivity contribution in [3.05, 3.63) is 79.1 Å². The number of aliphatic hydroxyl groups excluding tert-OH is 1. The number of benzene rings is 3. The van der Waals surface area contributed by atoms with E-state index in [-0.39, 0.29) is 6.61 Å². The minimum absolute atomic E-state index is 0.145. The van der Waals surface area contributed by atoms with Crippen LogP contribution in [-0.2, 0) is 0 Å². The van der Waals surface area contributed by atoms with Crippen LogP contribution in [-0.4, -0.2) is 34.8 Å². The maximum atomic E-state index is 9.19. The lowest BCUT2D eigenvalue weighted by molar-refractivity contribution is 0.302. The van der Waals surface area contributed by atoms with E-state index >= 15 is 0 Å². The van der Waals surface area contributed by atoms with Crippen LogP contribution in [0.5, 0.6) is 0 Å². The van der Waals surface area contributed by atoms with Gasteiger partial charge in [0.15, 0.2) is 0 Å². The predicted molar refractivity (Wildman–Crippen MR) is 120 cm³/mol. The molecule has 0 saturated heterocycles. The lowest BCUT2D eigenvalue weighted by atomic mass is 10.0. The first-order chi connectivity index (χ1) is 14.3. The Kier molecular flexibility index (Phi) is 5.68. The van der Waals surface area contributed by atoms with Gasteiger partial charge in [-0.2, -0.15) is 0 Å². The van der Waals surface area contributed by atoms with Crippen LogP contribution in [0.25, 0.3) is 22.0 Å². The fraction of sp³-hybridized carbons (Fsp3) is 0.167. The molecule has 146 valence electrons.